The van der Waals surface area contributed by atoms with E-state index in [0.717, 1.165) is 12.1 Å². The molecule has 2 rings (SSSR count). The van der Waals surface area contributed by atoms with E-state index in [-0.39, 0.29) is 16.7 Å². The Hall–Kier alpha value is -1.15. The van der Waals surface area contributed by atoms with Crippen LogP contribution in [0, 0.1) is 20.6 Å². The molecule has 0 amide bonds. The Morgan fingerprint density at radius 1 is 1.40 bits per heavy atom. The molecule has 1 atom stereocenters. The number of halogens is 1. The molecular formula is C14H15IN2O2S. The summed E-state index contributed by atoms with van der Waals surface area (Å²) in [5, 5.41) is 14.2. The number of nitro benzene ring substituents is 1. The van der Waals surface area contributed by atoms with E-state index in [1.54, 1.807) is 23.5 Å². The first kappa shape index (κ1) is 15.2. The van der Waals surface area contributed by atoms with E-state index in [4.69, 9.17) is 0 Å². The number of nitrogens with one attached hydrogen (secondary N) is 1. The summed E-state index contributed by atoms with van der Waals surface area (Å²) >= 11 is 3.80. The molecule has 1 aromatic heterocycles. The molecule has 1 heterocycles. The van der Waals surface area contributed by atoms with Crippen LogP contribution in [0.3, 0.4) is 0 Å². The zero-order valence-corrected chi connectivity index (χ0v) is 14.2. The number of thiophene rings is 1. The van der Waals surface area contributed by atoms with Crippen molar-refractivity contribution in [3.63, 3.8) is 0 Å². The summed E-state index contributed by atoms with van der Waals surface area (Å²) in [6, 6.07) is 9.68. The van der Waals surface area contributed by atoms with Crippen LogP contribution < -0.4 is 5.32 Å². The largest absolute Gasteiger partial charge is 0.382 e. The zero-order chi connectivity index (χ0) is 14.7. The average Bonchev–Trinajstić information content (AvgIpc) is 2.74. The highest BCUT2D eigenvalue weighted by atomic mass is 127. The average molecular weight is 402 g/mol. The predicted octanol–water partition coefficient (Wildman–Crippen LogP) is 4.61. The molecule has 0 aliphatic carbocycles. The van der Waals surface area contributed by atoms with Crippen LogP contribution in [0.4, 0.5) is 11.4 Å². The van der Waals surface area contributed by atoms with Crippen molar-refractivity contribution in [2.75, 3.05) is 5.32 Å². The number of aryl methyl sites for hydroxylation is 1. The van der Waals surface area contributed by atoms with E-state index >= 15 is 0 Å². The Kier molecular flexibility index (Phi) is 4.98. The fourth-order valence-corrected chi connectivity index (χ4v) is 3.71. The van der Waals surface area contributed by atoms with Crippen molar-refractivity contribution >= 4 is 45.3 Å². The summed E-state index contributed by atoms with van der Waals surface area (Å²) in [5.41, 5.74) is 1.07. The molecular weight excluding hydrogens is 387 g/mol. The van der Waals surface area contributed by atoms with Gasteiger partial charge >= 0.3 is 0 Å². The van der Waals surface area contributed by atoms with Gasteiger partial charge in [0.25, 0.3) is 5.69 Å². The van der Waals surface area contributed by atoms with Crippen molar-refractivity contribution in [3.05, 3.63) is 53.8 Å². The van der Waals surface area contributed by atoms with E-state index in [2.05, 4.69) is 31.3 Å². The summed E-state index contributed by atoms with van der Waals surface area (Å²) < 4.78 is 0.650. The van der Waals surface area contributed by atoms with Gasteiger partial charge in [-0.1, -0.05) is 0 Å². The van der Waals surface area contributed by atoms with E-state index in [9.17, 15) is 10.1 Å². The van der Waals surface area contributed by atoms with Crippen LogP contribution in [0.5, 0.6) is 0 Å². The lowest BCUT2D eigenvalue weighted by Gasteiger charge is -2.14. The van der Waals surface area contributed by atoms with Gasteiger partial charge < -0.3 is 5.32 Å². The lowest BCUT2D eigenvalue weighted by atomic mass is 10.2. The Labute approximate surface area is 135 Å². The van der Waals surface area contributed by atoms with Crippen molar-refractivity contribution in [1.82, 2.24) is 0 Å². The second-order valence-electron chi connectivity index (χ2n) is 4.69. The van der Waals surface area contributed by atoms with E-state index in [1.807, 2.05) is 28.7 Å². The molecule has 1 aromatic carbocycles. The Morgan fingerprint density at radius 2 is 2.15 bits per heavy atom. The van der Waals surface area contributed by atoms with Crippen LogP contribution in [0.1, 0.15) is 16.7 Å². The quantitative estimate of drug-likeness (QED) is 0.452. The minimum absolute atomic E-state index is 0.151. The summed E-state index contributed by atoms with van der Waals surface area (Å²) in [4.78, 5) is 13.1. The maximum absolute atomic E-state index is 10.8. The maximum atomic E-state index is 10.8. The molecule has 6 heteroatoms. The van der Waals surface area contributed by atoms with E-state index in [1.165, 1.54) is 9.75 Å². The first-order valence-electron chi connectivity index (χ1n) is 6.21. The van der Waals surface area contributed by atoms with Gasteiger partial charge in [0, 0.05) is 34.0 Å². The summed E-state index contributed by atoms with van der Waals surface area (Å²) in [6.45, 7) is 4.22. The molecule has 1 N–H and O–H groups in total. The second-order valence-corrected chi connectivity index (χ2v) is 7.22. The SMILES string of the molecule is Cc1ccc(CC(C)Nc2ccc([N+](=O)[O-])c(I)c2)s1. The molecule has 0 saturated heterocycles. The highest BCUT2D eigenvalue weighted by molar-refractivity contribution is 14.1. The maximum Gasteiger partial charge on any atom is 0.282 e. The normalized spacial score (nSPS) is 12.2. The van der Waals surface area contributed by atoms with Gasteiger partial charge in [0.15, 0.2) is 0 Å². The molecule has 20 heavy (non-hydrogen) atoms. The van der Waals surface area contributed by atoms with Crippen LogP contribution >= 0.6 is 33.9 Å². The molecule has 0 fully saturated rings. The molecule has 0 aliphatic heterocycles. The van der Waals surface area contributed by atoms with Crippen LogP contribution in [0.25, 0.3) is 0 Å². The molecule has 0 aliphatic rings. The third-order valence-electron chi connectivity index (χ3n) is 2.86. The first-order valence-corrected chi connectivity index (χ1v) is 8.11. The minimum atomic E-state index is -0.358. The molecule has 4 nitrogen and oxygen atoms in total. The highest BCUT2D eigenvalue weighted by Crippen LogP contribution is 2.25. The van der Waals surface area contributed by atoms with Crippen molar-refractivity contribution in [1.29, 1.82) is 0 Å². The van der Waals surface area contributed by atoms with Gasteiger partial charge in [0.1, 0.15) is 0 Å². The van der Waals surface area contributed by atoms with Gasteiger partial charge in [-0.05, 0) is 60.7 Å². The molecule has 0 spiro atoms. The van der Waals surface area contributed by atoms with Gasteiger partial charge in [0.05, 0.1) is 8.49 Å². The molecule has 106 valence electrons. The van der Waals surface area contributed by atoms with Crippen LogP contribution in [-0.4, -0.2) is 11.0 Å². The van der Waals surface area contributed by atoms with E-state index in [0.29, 0.717) is 3.57 Å². The molecule has 0 bridgehead atoms. The fourth-order valence-electron chi connectivity index (χ4n) is 1.98. The standard InChI is InChI=1S/C14H15IN2O2S/c1-9(7-12-5-3-10(2)20-12)16-11-4-6-14(17(18)19)13(15)8-11/h3-6,8-9,16H,7H2,1-2H3. The number of nitro groups is 1. The van der Waals surface area contributed by atoms with Crippen molar-refractivity contribution in [2.24, 2.45) is 0 Å². The summed E-state index contributed by atoms with van der Waals surface area (Å²) in [5.74, 6) is 0. The van der Waals surface area contributed by atoms with Crippen LogP contribution in [0.2, 0.25) is 0 Å². The third kappa shape index (κ3) is 3.92. The van der Waals surface area contributed by atoms with Gasteiger partial charge in [-0.25, -0.2) is 0 Å². The number of hydrogen-bond acceptors (Lipinski definition) is 4. The molecule has 1 unspecified atom stereocenters. The van der Waals surface area contributed by atoms with Crippen molar-refractivity contribution in [2.45, 2.75) is 26.3 Å². The number of nitrogens with zero attached hydrogens (tertiary/aromatic N) is 1. The van der Waals surface area contributed by atoms with Gasteiger partial charge in [-0.3, -0.25) is 10.1 Å². The van der Waals surface area contributed by atoms with Gasteiger partial charge in [0.2, 0.25) is 0 Å². The topological polar surface area (TPSA) is 55.2 Å². The van der Waals surface area contributed by atoms with E-state index < -0.39 is 0 Å². The number of hydrogen-bond donors (Lipinski definition) is 1. The minimum Gasteiger partial charge on any atom is -0.382 e. The zero-order valence-electron chi connectivity index (χ0n) is 11.2. The number of rotatable bonds is 5. The van der Waals surface area contributed by atoms with Gasteiger partial charge in [-0.15, -0.1) is 11.3 Å². The lowest BCUT2D eigenvalue weighted by molar-refractivity contribution is -0.385. The Morgan fingerprint density at radius 3 is 2.70 bits per heavy atom. The lowest BCUT2D eigenvalue weighted by Crippen LogP contribution is -2.17. The van der Waals surface area contributed by atoms with Crippen LogP contribution in [0.15, 0.2) is 30.3 Å². The smallest absolute Gasteiger partial charge is 0.282 e. The predicted molar refractivity (Wildman–Crippen MR) is 91.7 cm³/mol. The Bertz CT molecular complexity index is 627. The molecule has 0 radical (unpaired) electrons. The Balaban J connectivity index is 2.02. The van der Waals surface area contributed by atoms with Crippen LogP contribution in [-0.2, 0) is 6.42 Å². The second kappa shape index (κ2) is 6.53. The number of anilines is 1. The van der Waals surface area contributed by atoms with Gasteiger partial charge in [-0.2, -0.15) is 0 Å². The third-order valence-corrected chi connectivity index (χ3v) is 4.75. The van der Waals surface area contributed by atoms with Crippen molar-refractivity contribution < 1.29 is 4.92 Å². The fraction of sp³-hybridized carbons (Fsp3) is 0.286. The summed E-state index contributed by atoms with van der Waals surface area (Å²) in [7, 11) is 0. The summed E-state index contributed by atoms with van der Waals surface area (Å²) in [6.07, 6.45) is 0.950. The highest BCUT2D eigenvalue weighted by Gasteiger charge is 2.12. The molecule has 2 aromatic rings. The molecule has 0 saturated carbocycles. The monoisotopic (exact) mass is 402 g/mol. The van der Waals surface area contributed by atoms with Crippen molar-refractivity contribution in [3.8, 4) is 0 Å². The first-order chi connectivity index (χ1) is 9.45. The number of benzene rings is 1.